The lowest BCUT2D eigenvalue weighted by molar-refractivity contribution is -0.119. The predicted molar refractivity (Wildman–Crippen MR) is 107 cm³/mol. The molecule has 0 unspecified atom stereocenters. The molecule has 0 atom stereocenters. The van der Waals surface area contributed by atoms with Crippen LogP contribution in [0, 0.1) is 22.7 Å². The van der Waals surface area contributed by atoms with E-state index in [9.17, 15) is 14.9 Å². The van der Waals surface area contributed by atoms with Gasteiger partial charge in [-0.15, -0.1) is 0 Å². The van der Waals surface area contributed by atoms with Gasteiger partial charge in [-0.25, -0.2) is 4.79 Å². The highest BCUT2D eigenvalue weighted by Gasteiger charge is 2.17. The van der Waals surface area contributed by atoms with Crippen molar-refractivity contribution in [1.82, 2.24) is 0 Å². The Labute approximate surface area is 167 Å². The third-order valence-electron chi connectivity index (χ3n) is 4.14. The van der Waals surface area contributed by atoms with E-state index in [-0.39, 0.29) is 5.56 Å². The normalized spacial score (nSPS) is 9.72. The molecule has 6 heteroatoms. The van der Waals surface area contributed by atoms with Gasteiger partial charge in [-0.2, -0.15) is 10.5 Å². The fourth-order valence-electron chi connectivity index (χ4n) is 2.80. The van der Waals surface area contributed by atoms with Gasteiger partial charge in [-0.3, -0.25) is 4.79 Å². The fourth-order valence-corrected chi connectivity index (χ4v) is 2.80. The highest BCUT2D eigenvalue weighted by Crippen LogP contribution is 2.27. The number of nitriles is 2. The number of carbonyl (C=O) groups excluding carboxylic acids is 2. The van der Waals surface area contributed by atoms with Crippen LogP contribution in [0.2, 0.25) is 0 Å². The van der Waals surface area contributed by atoms with Crippen LogP contribution in [0.1, 0.15) is 21.5 Å². The van der Waals surface area contributed by atoms with Crippen molar-refractivity contribution in [1.29, 1.82) is 10.5 Å². The minimum Gasteiger partial charge on any atom is -0.452 e. The van der Waals surface area contributed by atoms with Crippen LogP contribution in [0.5, 0.6) is 0 Å². The summed E-state index contributed by atoms with van der Waals surface area (Å²) in [6, 6.07) is 24.3. The van der Waals surface area contributed by atoms with Crippen molar-refractivity contribution in [2.45, 2.75) is 0 Å². The van der Waals surface area contributed by atoms with Gasteiger partial charge in [0.2, 0.25) is 0 Å². The van der Waals surface area contributed by atoms with Crippen LogP contribution in [0.4, 0.5) is 5.69 Å². The van der Waals surface area contributed by atoms with E-state index < -0.39 is 18.5 Å². The maximum Gasteiger partial charge on any atom is 0.339 e. The number of anilines is 1. The molecule has 140 valence electrons. The maximum absolute atomic E-state index is 12.6. The maximum atomic E-state index is 12.6. The summed E-state index contributed by atoms with van der Waals surface area (Å²) >= 11 is 0. The summed E-state index contributed by atoms with van der Waals surface area (Å²) < 4.78 is 5.15. The summed E-state index contributed by atoms with van der Waals surface area (Å²) in [5.74, 6) is -1.24. The SMILES string of the molecule is N#Cc1ccccc1NC(=O)COC(=O)c1ccccc1-c1ccccc1C#N. The van der Waals surface area contributed by atoms with E-state index in [4.69, 9.17) is 10.00 Å². The van der Waals surface area contributed by atoms with Crippen molar-refractivity contribution >= 4 is 17.6 Å². The number of ether oxygens (including phenoxy) is 1. The second-order valence-electron chi connectivity index (χ2n) is 5.98. The molecule has 1 N–H and O–H groups in total. The van der Waals surface area contributed by atoms with Crippen LogP contribution in [0.15, 0.2) is 72.8 Å². The zero-order valence-corrected chi connectivity index (χ0v) is 15.3. The Morgan fingerprint density at radius 3 is 2.10 bits per heavy atom. The number of benzene rings is 3. The molecular formula is C23H15N3O3. The molecule has 6 nitrogen and oxygen atoms in total. The zero-order chi connectivity index (χ0) is 20.6. The summed E-state index contributed by atoms with van der Waals surface area (Å²) in [6.07, 6.45) is 0. The van der Waals surface area contributed by atoms with Gasteiger partial charge in [-0.1, -0.05) is 48.5 Å². The van der Waals surface area contributed by atoms with Crippen molar-refractivity contribution in [3.63, 3.8) is 0 Å². The van der Waals surface area contributed by atoms with Crippen LogP contribution < -0.4 is 5.32 Å². The number of nitrogens with zero attached hydrogens (tertiary/aromatic N) is 2. The number of amides is 1. The average molecular weight is 381 g/mol. The molecule has 1 amide bonds. The average Bonchev–Trinajstić information content (AvgIpc) is 2.77. The molecule has 0 saturated heterocycles. The smallest absolute Gasteiger partial charge is 0.339 e. The van der Waals surface area contributed by atoms with Crippen molar-refractivity contribution in [3.05, 3.63) is 89.5 Å². The Kier molecular flexibility index (Phi) is 5.99. The Balaban J connectivity index is 1.75. The van der Waals surface area contributed by atoms with Crippen LogP contribution in [0.3, 0.4) is 0 Å². The molecule has 0 fully saturated rings. The van der Waals surface area contributed by atoms with Crippen LogP contribution in [0.25, 0.3) is 11.1 Å². The second-order valence-corrected chi connectivity index (χ2v) is 5.98. The van der Waals surface area contributed by atoms with Gasteiger partial charge in [0.1, 0.15) is 6.07 Å². The van der Waals surface area contributed by atoms with E-state index in [0.29, 0.717) is 27.9 Å². The van der Waals surface area contributed by atoms with E-state index in [1.54, 1.807) is 72.8 Å². The summed E-state index contributed by atoms with van der Waals surface area (Å²) in [7, 11) is 0. The minimum absolute atomic E-state index is 0.250. The Hall–Kier alpha value is -4.42. The first-order chi connectivity index (χ1) is 14.1. The quantitative estimate of drug-likeness (QED) is 0.675. The molecule has 3 aromatic rings. The zero-order valence-electron chi connectivity index (χ0n) is 15.3. The molecule has 0 radical (unpaired) electrons. The number of carbonyl (C=O) groups is 2. The molecular weight excluding hydrogens is 366 g/mol. The molecule has 0 aliphatic carbocycles. The summed E-state index contributed by atoms with van der Waals surface area (Å²) in [4.78, 5) is 24.7. The van der Waals surface area contributed by atoms with E-state index in [1.165, 1.54) is 0 Å². The Morgan fingerprint density at radius 2 is 1.38 bits per heavy atom. The van der Waals surface area contributed by atoms with Crippen molar-refractivity contribution in [2.75, 3.05) is 11.9 Å². The van der Waals surface area contributed by atoms with E-state index in [2.05, 4.69) is 11.4 Å². The highest BCUT2D eigenvalue weighted by molar-refractivity contribution is 6.00. The lowest BCUT2D eigenvalue weighted by atomic mass is 9.96. The molecule has 29 heavy (non-hydrogen) atoms. The molecule has 0 aromatic heterocycles. The fraction of sp³-hybridized carbons (Fsp3) is 0.0435. The van der Waals surface area contributed by atoms with E-state index >= 15 is 0 Å². The predicted octanol–water partition coefficient (Wildman–Crippen LogP) is 3.89. The van der Waals surface area contributed by atoms with Gasteiger partial charge >= 0.3 is 5.97 Å². The molecule has 0 aliphatic heterocycles. The van der Waals surface area contributed by atoms with Crippen LogP contribution in [-0.4, -0.2) is 18.5 Å². The molecule has 0 aliphatic rings. The standard InChI is InChI=1S/C23H15N3O3/c24-13-16-7-1-3-9-18(16)19-10-4-5-11-20(19)23(28)29-15-22(27)26-21-12-6-2-8-17(21)14-25/h1-12H,15H2,(H,26,27). The summed E-state index contributed by atoms with van der Waals surface area (Å²) in [5, 5.41) is 20.9. The van der Waals surface area contributed by atoms with E-state index in [1.807, 2.05) is 6.07 Å². The molecule has 3 rings (SSSR count). The largest absolute Gasteiger partial charge is 0.452 e. The van der Waals surface area contributed by atoms with Gasteiger partial charge in [0, 0.05) is 5.56 Å². The topological polar surface area (TPSA) is 103 Å². The van der Waals surface area contributed by atoms with Crippen molar-refractivity contribution < 1.29 is 14.3 Å². The summed E-state index contributed by atoms with van der Waals surface area (Å²) in [6.45, 7) is -0.507. The highest BCUT2D eigenvalue weighted by atomic mass is 16.5. The van der Waals surface area contributed by atoms with Gasteiger partial charge in [0.15, 0.2) is 6.61 Å². The third-order valence-corrected chi connectivity index (χ3v) is 4.14. The van der Waals surface area contributed by atoms with Gasteiger partial charge < -0.3 is 10.1 Å². The minimum atomic E-state index is -0.683. The molecule has 0 saturated carbocycles. The van der Waals surface area contributed by atoms with Gasteiger partial charge in [-0.05, 0) is 29.8 Å². The molecule has 3 aromatic carbocycles. The van der Waals surface area contributed by atoms with E-state index in [0.717, 1.165) is 0 Å². The Bertz CT molecular complexity index is 1160. The van der Waals surface area contributed by atoms with Crippen LogP contribution >= 0.6 is 0 Å². The molecule has 0 heterocycles. The lowest BCUT2D eigenvalue weighted by Crippen LogP contribution is -2.21. The first kappa shape index (κ1) is 19.3. The first-order valence-electron chi connectivity index (χ1n) is 8.68. The number of hydrogen-bond donors (Lipinski definition) is 1. The molecule has 0 bridgehead atoms. The first-order valence-corrected chi connectivity index (χ1v) is 8.68. The number of para-hydroxylation sites is 1. The number of hydrogen-bond acceptors (Lipinski definition) is 5. The number of esters is 1. The second kappa shape index (κ2) is 8.98. The van der Waals surface area contributed by atoms with Crippen molar-refractivity contribution in [2.24, 2.45) is 0 Å². The van der Waals surface area contributed by atoms with Gasteiger partial charge in [0.25, 0.3) is 5.91 Å². The third kappa shape index (κ3) is 4.47. The number of rotatable bonds is 5. The van der Waals surface area contributed by atoms with Crippen LogP contribution in [-0.2, 0) is 9.53 Å². The van der Waals surface area contributed by atoms with Gasteiger partial charge in [0.05, 0.1) is 28.4 Å². The lowest BCUT2D eigenvalue weighted by Gasteiger charge is -2.11. The monoisotopic (exact) mass is 381 g/mol. The molecule has 0 spiro atoms. The number of nitrogens with one attached hydrogen (secondary N) is 1. The van der Waals surface area contributed by atoms with Crippen molar-refractivity contribution in [3.8, 4) is 23.3 Å². The summed E-state index contributed by atoms with van der Waals surface area (Å²) in [5.41, 5.74) is 2.49. The Morgan fingerprint density at radius 1 is 0.793 bits per heavy atom.